The molecule has 2 fully saturated rings. The monoisotopic (exact) mass is 455 g/mol. The molecule has 1 N–H and O–H groups in total. The molecule has 2 aromatic carbocycles. The van der Waals surface area contributed by atoms with Crippen LogP contribution < -0.4 is 4.72 Å². The Hall–Kier alpha value is -1.90. The Morgan fingerprint density at radius 2 is 1.84 bits per heavy atom. The number of hydrogen-bond donors (Lipinski definition) is 1. The molecule has 172 valence electrons. The average Bonchev–Trinajstić information content (AvgIpc) is 2.83. The second-order valence-corrected chi connectivity index (χ2v) is 10.3. The van der Waals surface area contributed by atoms with E-state index in [-0.39, 0.29) is 17.6 Å². The Kier molecular flexibility index (Phi) is 7.53. The number of amides is 1. The zero-order chi connectivity index (χ0) is 22.6. The normalized spacial score (nSPS) is 22.1. The van der Waals surface area contributed by atoms with Crippen LogP contribution >= 0.6 is 0 Å². The van der Waals surface area contributed by atoms with E-state index in [0.29, 0.717) is 13.1 Å². The smallest absolute Gasteiger partial charge is 0.254 e. The van der Waals surface area contributed by atoms with Crippen molar-refractivity contribution >= 4 is 17.3 Å². The summed E-state index contributed by atoms with van der Waals surface area (Å²) in [5.74, 6) is 0.102. The molecule has 0 aromatic heterocycles. The molecule has 2 aliphatic rings. The summed E-state index contributed by atoms with van der Waals surface area (Å²) in [5, 5.41) is 0. The number of morpholine rings is 1. The lowest BCUT2D eigenvalue weighted by Gasteiger charge is -2.49. The van der Waals surface area contributed by atoms with Crippen LogP contribution in [0.5, 0.6) is 0 Å². The molecule has 32 heavy (non-hydrogen) atoms. The highest BCUT2D eigenvalue weighted by Gasteiger charge is 2.43. The minimum absolute atomic E-state index is 0.0460. The summed E-state index contributed by atoms with van der Waals surface area (Å²) in [6, 6.07) is 17.5. The van der Waals surface area contributed by atoms with Crippen molar-refractivity contribution in [3.8, 4) is 0 Å². The fraction of sp³-hybridized carbons (Fsp3) is 0.480. The van der Waals surface area contributed by atoms with Crippen molar-refractivity contribution < 1.29 is 14.1 Å². The molecular weight excluding hydrogens is 422 g/mol. The molecule has 2 unspecified atom stereocenters. The molecule has 7 heteroatoms. The van der Waals surface area contributed by atoms with Crippen LogP contribution in [0.2, 0.25) is 0 Å². The summed E-state index contributed by atoms with van der Waals surface area (Å²) < 4.78 is 21.0. The van der Waals surface area contributed by atoms with Crippen LogP contribution in [0.4, 0.5) is 0 Å². The van der Waals surface area contributed by atoms with Crippen molar-refractivity contribution in [3.05, 3.63) is 65.7 Å². The number of likely N-dealkylation sites (tertiary alicyclic amines) is 1. The molecule has 2 aromatic rings. The third-order valence-electron chi connectivity index (χ3n) is 6.52. The number of piperidine rings is 1. The molecule has 0 saturated carbocycles. The molecule has 2 saturated heterocycles. The van der Waals surface area contributed by atoms with E-state index in [1.54, 1.807) is 7.05 Å². The molecule has 0 bridgehead atoms. The predicted molar refractivity (Wildman–Crippen MR) is 127 cm³/mol. The number of carbonyl (C=O) groups is 1. The van der Waals surface area contributed by atoms with Crippen LogP contribution in [-0.2, 0) is 22.5 Å². The Labute approximate surface area is 194 Å². The van der Waals surface area contributed by atoms with E-state index in [0.717, 1.165) is 49.4 Å². The summed E-state index contributed by atoms with van der Waals surface area (Å²) in [6.45, 7) is 6.33. The molecule has 1 amide bonds. The first-order valence-corrected chi connectivity index (χ1v) is 12.6. The largest absolute Gasteiger partial charge is 0.593 e. The number of rotatable bonds is 6. The van der Waals surface area contributed by atoms with Crippen molar-refractivity contribution in [2.45, 2.75) is 42.8 Å². The molecule has 0 aliphatic carbocycles. The van der Waals surface area contributed by atoms with Gasteiger partial charge in [0.2, 0.25) is 0 Å². The maximum Gasteiger partial charge on any atom is 0.254 e. The second-order valence-electron chi connectivity index (χ2n) is 8.87. The Balaban J connectivity index is 1.30. The van der Waals surface area contributed by atoms with Crippen molar-refractivity contribution in [2.75, 3.05) is 39.8 Å². The number of benzene rings is 2. The van der Waals surface area contributed by atoms with E-state index in [2.05, 4.69) is 28.7 Å². The fourth-order valence-electron chi connectivity index (χ4n) is 4.79. The van der Waals surface area contributed by atoms with Crippen LogP contribution in [0.3, 0.4) is 0 Å². The van der Waals surface area contributed by atoms with Crippen LogP contribution in [0.15, 0.2) is 59.5 Å². The van der Waals surface area contributed by atoms with Gasteiger partial charge in [0.25, 0.3) is 5.91 Å². The number of nitrogens with one attached hydrogen (secondary N) is 1. The lowest BCUT2D eigenvalue weighted by atomic mass is 9.88. The van der Waals surface area contributed by atoms with Crippen LogP contribution in [0.25, 0.3) is 0 Å². The van der Waals surface area contributed by atoms with Crippen molar-refractivity contribution in [1.29, 1.82) is 0 Å². The molecule has 0 radical (unpaired) electrons. The SMILES string of the molecule is CN[S+]([O-])c1ccc(CCN2CCC3(CC2)CN(C(=O)c2ccccc2)CC(C)O3)cc1. The molecular formula is C25H33N3O3S. The van der Waals surface area contributed by atoms with Crippen molar-refractivity contribution in [1.82, 2.24) is 14.5 Å². The van der Waals surface area contributed by atoms with Gasteiger partial charge >= 0.3 is 0 Å². The standard InChI is InChI=1S/C25H33N3O3S/c1-20-18-28(24(29)22-6-4-3-5-7-22)19-25(31-20)13-16-27(17-14-25)15-12-21-8-10-23(11-9-21)32(30)26-2/h3-11,20,26H,12-19H2,1-2H3. The molecule has 4 rings (SSSR count). The van der Waals surface area contributed by atoms with E-state index >= 15 is 0 Å². The van der Waals surface area contributed by atoms with Crippen molar-refractivity contribution in [3.63, 3.8) is 0 Å². The van der Waals surface area contributed by atoms with Gasteiger partial charge in [-0.1, -0.05) is 30.3 Å². The number of hydrogen-bond acceptors (Lipinski definition) is 5. The van der Waals surface area contributed by atoms with Gasteiger partial charge in [0.1, 0.15) is 0 Å². The highest BCUT2D eigenvalue weighted by molar-refractivity contribution is 7.89. The summed E-state index contributed by atoms with van der Waals surface area (Å²) in [5.41, 5.74) is 1.76. The first-order valence-electron chi connectivity index (χ1n) is 11.4. The second kappa shape index (κ2) is 10.4. The summed E-state index contributed by atoms with van der Waals surface area (Å²) in [6.07, 6.45) is 2.89. The van der Waals surface area contributed by atoms with E-state index in [1.165, 1.54) is 5.56 Å². The van der Waals surface area contributed by atoms with E-state index in [4.69, 9.17) is 4.74 Å². The maximum absolute atomic E-state index is 13.0. The van der Waals surface area contributed by atoms with Gasteiger partial charge in [-0.2, -0.15) is 0 Å². The van der Waals surface area contributed by atoms with E-state index < -0.39 is 11.4 Å². The molecule has 6 nitrogen and oxygen atoms in total. The molecule has 2 aliphatic heterocycles. The Bertz CT molecular complexity index is 885. The van der Waals surface area contributed by atoms with Gasteiger partial charge in [0.15, 0.2) is 4.90 Å². The third-order valence-corrected chi connectivity index (χ3v) is 7.59. The summed E-state index contributed by atoms with van der Waals surface area (Å²) in [4.78, 5) is 18.3. The van der Waals surface area contributed by atoms with Gasteiger partial charge in [-0.3, -0.25) is 4.79 Å². The molecule has 2 heterocycles. The van der Waals surface area contributed by atoms with Gasteiger partial charge < -0.3 is 19.1 Å². The van der Waals surface area contributed by atoms with Crippen LogP contribution in [-0.4, -0.2) is 71.7 Å². The number of ether oxygens (including phenoxy) is 1. The lowest BCUT2D eigenvalue weighted by Crippen LogP contribution is -2.60. The fourth-order valence-corrected chi connectivity index (χ4v) is 5.41. The van der Waals surface area contributed by atoms with Crippen LogP contribution in [0.1, 0.15) is 35.7 Å². The van der Waals surface area contributed by atoms with Gasteiger partial charge in [-0.05, 0) is 56.0 Å². The Morgan fingerprint density at radius 3 is 2.50 bits per heavy atom. The summed E-state index contributed by atoms with van der Waals surface area (Å²) >= 11 is -1.14. The molecule has 1 spiro atoms. The van der Waals surface area contributed by atoms with E-state index in [1.807, 2.05) is 47.4 Å². The van der Waals surface area contributed by atoms with Gasteiger partial charge in [-0.15, -0.1) is 4.72 Å². The number of carbonyl (C=O) groups excluding carboxylic acids is 1. The van der Waals surface area contributed by atoms with Crippen molar-refractivity contribution in [2.24, 2.45) is 0 Å². The minimum atomic E-state index is -1.14. The maximum atomic E-state index is 13.0. The molecule has 2 atom stereocenters. The quantitative estimate of drug-likeness (QED) is 0.679. The zero-order valence-electron chi connectivity index (χ0n) is 19.0. The van der Waals surface area contributed by atoms with Gasteiger partial charge in [0, 0.05) is 38.8 Å². The third kappa shape index (κ3) is 5.53. The lowest BCUT2D eigenvalue weighted by molar-refractivity contribution is -0.161. The number of nitrogens with zero attached hydrogens (tertiary/aromatic N) is 2. The van der Waals surface area contributed by atoms with E-state index in [9.17, 15) is 9.35 Å². The minimum Gasteiger partial charge on any atom is -0.593 e. The highest BCUT2D eigenvalue weighted by Crippen LogP contribution is 2.33. The first kappa shape index (κ1) is 23.3. The Morgan fingerprint density at radius 1 is 1.16 bits per heavy atom. The predicted octanol–water partition coefficient (Wildman–Crippen LogP) is 2.87. The topological polar surface area (TPSA) is 67.9 Å². The van der Waals surface area contributed by atoms with Gasteiger partial charge in [-0.25, -0.2) is 0 Å². The zero-order valence-corrected chi connectivity index (χ0v) is 19.8. The average molecular weight is 456 g/mol. The highest BCUT2D eigenvalue weighted by atomic mass is 32.2. The first-order chi connectivity index (χ1) is 15.5. The van der Waals surface area contributed by atoms with Gasteiger partial charge in [0.05, 0.1) is 29.6 Å². The summed E-state index contributed by atoms with van der Waals surface area (Å²) in [7, 11) is 1.70. The van der Waals surface area contributed by atoms with Crippen LogP contribution in [0, 0.1) is 0 Å².